The van der Waals surface area contributed by atoms with Crippen LogP contribution in [0.15, 0.2) is 36.4 Å². The van der Waals surface area contributed by atoms with Gasteiger partial charge in [-0.25, -0.2) is 4.79 Å². The van der Waals surface area contributed by atoms with Crippen LogP contribution in [0, 0.1) is 0 Å². The minimum Gasteiger partial charge on any atom is -0.494 e. The summed E-state index contributed by atoms with van der Waals surface area (Å²) in [5.41, 5.74) is 1.93. The quantitative estimate of drug-likeness (QED) is 0.754. The third-order valence-electron chi connectivity index (χ3n) is 3.42. The van der Waals surface area contributed by atoms with Crippen LogP contribution in [-0.4, -0.2) is 25.6 Å². The minimum atomic E-state index is -0.706. The lowest BCUT2D eigenvalue weighted by atomic mass is 10.1. The molecule has 0 saturated heterocycles. The molecule has 1 amide bonds. The largest absolute Gasteiger partial charge is 0.494 e. The maximum Gasteiger partial charge on any atom is 0.338 e. The Morgan fingerprint density at radius 2 is 1.68 bits per heavy atom. The number of aryl methyl sites for hydroxylation is 1. The van der Waals surface area contributed by atoms with E-state index in [4.69, 9.17) is 32.7 Å². The number of nitrogens with one attached hydrogen (secondary N) is 1. The second kappa shape index (κ2) is 8.74. The SMILES string of the molecule is CCc1ccc(NC(=O)COC(=O)c2cc(Cl)c(OC)c(Cl)c2)cc1. The maximum absolute atomic E-state index is 12.0. The van der Waals surface area contributed by atoms with E-state index in [1.165, 1.54) is 19.2 Å². The van der Waals surface area contributed by atoms with Crippen molar-refractivity contribution in [3.8, 4) is 5.75 Å². The van der Waals surface area contributed by atoms with Gasteiger partial charge in [0.1, 0.15) is 0 Å². The molecule has 2 aromatic carbocycles. The third-order valence-corrected chi connectivity index (χ3v) is 3.98. The van der Waals surface area contributed by atoms with Crippen LogP contribution in [0.1, 0.15) is 22.8 Å². The number of methoxy groups -OCH3 is 1. The van der Waals surface area contributed by atoms with Gasteiger partial charge >= 0.3 is 5.97 Å². The summed E-state index contributed by atoms with van der Waals surface area (Å²) >= 11 is 12.0. The molecular weight excluding hydrogens is 365 g/mol. The molecule has 0 heterocycles. The second-order valence-corrected chi connectivity index (χ2v) is 5.96. The average Bonchev–Trinajstić information content (AvgIpc) is 2.60. The van der Waals surface area contributed by atoms with Gasteiger partial charge in [0.15, 0.2) is 12.4 Å². The topological polar surface area (TPSA) is 64.6 Å². The van der Waals surface area contributed by atoms with Gasteiger partial charge in [-0.2, -0.15) is 0 Å². The molecule has 0 aliphatic carbocycles. The van der Waals surface area contributed by atoms with E-state index < -0.39 is 18.5 Å². The van der Waals surface area contributed by atoms with E-state index >= 15 is 0 Å². The molecule has 0 aliphatic rings. The summed E-state index contributed by atoms with van der Waals surface area (Å²) < 4.78 is 9.99. The second-order valence-electron chi connectivity index (χ2n) is 5.15. The third kappa shape index (κ3) is 5.11. The molecule has 0 fully saturated rings. The maximum atomic E-state index is 12.0. The molecule has 0 aliphatic heterocycles. The van der Waals surface area contributed by atoms with Crippen molar-refractivity contribution in [2.75, 3.05) is 19.0 Å². The van der Waals surface area contributed by atoms with E-state index in [9.17, 15) is 9.59 Å². The lowest BCUT2D eigenvalue weighted by molar-refractivity contribution is -0.119. The standard InChI is InChI=1S/C18H17Cl2NO4/c1-3-11-4-6-13(7-5-11)21-16(22)10-25-18(23)12-8-14(19)17(24-2)15(20)9-12/h4-9H,3,10H2,1-2H3,(H,21,22). The molecule has 25 heavy (non-hydrogen) atoms. The molecule has 132 valence electrons. The predicted molar refractivity (Wildman–Crippen MR) is 97.7 cm³/mol. The molecule has 0 radical (unpaired) electrons. The molecule has 2 aromatic rings. The van der Waals surface area contributed by atoms with Crippen LogP contribution in [0.4, 0.5) is 5.69 Å². The van der Waals surface area contributed by atoms with Crippen molar-refractivity contribution in [1.82, 2.24) is 0 Å². The van der Waals surface area contributed by atoms with E-state index in [1.54, 1.807) is 12.1 Å². The summed E-state index contributed by atoms with van der Waals surface area (Å²) in [6, 6.07) is 10.2. The highest BCUT2D eigenvalue weighted by Crippen LogP contribution is 2.33. The van der Waals surface area contributed by atoms with Crippen molar-refractivity contribution >= 4 is 40.8 Å². The lowest BCUT2D eigenvalue weighted by Gasteiger charge is -2.09. The summed E-state index contributed by atoms with van der Waals surface area (Å²) in [5, 5.41) is 3.02. The van der Waals surface area contributed by atoms with Gasteiger partial charge in [-0.3, -0.25) is 4.79 Å². The van der Waals surface area contributed by atoms with Crippen LogP contribution in [0.25, 0.3) is 0 Å². The normalized spacial score (nSPS) is 10.2. The number of hydrogen-bond acceptors (Lipinski definition) is 4. The van der Waals surface area contributed by atoms with Gasteiger partial charge in [0.05, 0.1) is 22.7 Å². The van der Waals surface area contributed by atoms with Crippen molar-refractivity contribution in [3.63, 3.8) is 0 Å². The van der Waals surface area contributed by atoms with Crippen LogP contribution in [-0.2, 0) is 16.0 Å². The van der Waals surface area contributed by atoms with Gasteiger partial charge in [0.25, 0.3) is 5.91 Å². The number of anilines is 1. The zero-order chi connectivity index (χ0) is 18.4. The number of ether oxygens (including phenoxy) is 2. The fraction of sp³-hybridized carbons (Fsp3) is 0.222. The summed E-state index contributed by atoms with van der Waals surface area (Å²) in [6.45, 7) is 1.63. The van der Waals surface area contributed by atoms with Crippen molar-refractivity contribution in [3.05, 3.63) is 57.6 Å². The molecular formula is C18H17Cl2NO4. The number of hydrogen-bond donors (Lipinski definition) is 1. The first kappa shape index (κ1) is 19.1. The van der Waals surface area contributed by atoms with Gasteiger partial charge in [0.2, 0.25) is 0 Å². The molecule has 0 aromatic heterocycles. The van der Waals surface area contributed by atoms with Gasteiger partial charge in [0, 0.05) is 5.69 Å². The first-order valence-electron chi connectivity index (χ1n) is 7.53. The smallest absolute Gasteiger partial charge is 0.338 e. The number of amides is 1. The molecule has 1 N–H and O–H groups in total. The molecule has 0 bridgehead atoms. The monoisotopic (exact) mass is 381 g/mol. The number of halogens is 2. The highest BCUT2D eigenvalue weighted by atomic mass is 35.5. The van der Waals surface area contributed by atoms with Gasteiger partial charge in [-0.15, -0.1) is 0 Å². The Morgan fingerprint density at radius 3 is 2.20 bits per heavy atom. The van der Waals surface area contributed by atoms with Gasteiger partial charge < -0.3 is 14.8 Å². The van der Waals surface area contributed by atoms with E-state index in [0.717, 1.165) is 12.0 Å². The Morgan fingerprint density at radius 1 is 1.08 bits per heavy atom. The molecule has 0 unspecified atom stereocenters. The van der Waals surface area contributed by atoms with Crippen molar-refractivity contribution < 1.29 is 19.1 Å². The van der Waals surface area contributed by atoms with Crippen LogP contribution in [0.2, 0.25) is 10.0 Å². The highest BCUT2D eigenvalue weighted by molar-refractivity contribution is 6.37. The molecule has 2 rings (SSSR count). The fourth-order valence-corrected chi connectivity index (χ4v) is 2.75. The Kier molecular flexibility index (Phi) is 6.67. The molecule has 0 spiro atoms. The zero-order valence-corrected chi connectivity index (χ0v) is 15.3. The van der Waals surface area contributed by atoms with Crippen LogP contribution >= 0.6 is 23.2 Å². The molecule has 5 nitrogen and oxygen atoms in total. The van der Waals surface area contributed by atoms with Crippen LogP contribution < -0.4 is 10.1 Å². The van der Waals surface area contributed by atoms with Crippen molar-refractivity contribution in [1.29, 1.82) is 0 Å². The summed E-state index contributed by atoms with van der Waals surface area (Å²) in [5.74, 6) is -0.876. The Labute approximate surface area is 155 Å². The minimum absolute atomic E-state index is 0.135. The Bertz CT molecular complexity index is 752. The summed E-state index contributed by atoms with van der Waals surface area (Å²) in [7, 11) is 1.42. The van der Waals surface area contributed by atoms with Gasteiger partial charge in [-0.05, 0) is 36.2 Å². The Balaban J connectivity index is 1.93. The zero-order valence-electron chi connectivity index (χ0n) is 13.8. The molecule has 0 atom stereocenters. The van der Waals surface area contributed by atoms with Gasteiger partial charge in [-0.1, -0.05) is 42.3 Å². The Hall–Kier alpha value is -2.24. The van der Waals surface area contributed by atoms with E-state index in [-0.39, 0.29) is 21.4 Å². The van der Waals surface area contributed by atoms with E-state index in [0.29, 0.717) is 5.69 Å². The van der Waals surface area contributed by atoms with Crippen molar-refractivity contribution in [2.24, 2.45) is 0 Å². The van der Waals surface area contributed by atoms with Crippen molar-refractivity contribution in [2.45, 2.75) is 13.3 Å². The first-order valence-corrected chi connectivity index (χ1v) is 8.29. The van der Waals surface area contributed by atoms with Crippen LogP contribution in [0.3, 0.4) is 0 Å². The predicted octanol–water partition coefficient (Wildman–Crippen LogP) is 4.36. The average molecular weight is 382 g/mol. The lowest BCUT2D eigenvalue weighted by Crippen LogP contribution is -2.21. The molecule has 0 saturated carbocycles. The first-order chi connectivity index (χ1) is 11.9. The number of rotatable bonds is 6. The number of esters is 1. The summed E-state index contributed by atoms with van der Waals surface area (Å²) in [4.78, 5) is 23.9. The molecule has 7 heteroatoms. The highest BCUT2D eigenvalue weighted by Gasteiger charge is 2.15. The summed E-state index contributed by atoms with van der Waals surface area (Å²) in [6.07, 6.45) is 0.915. The number of carbonyl (C=O) groups is 2. The van der Waals surface area contributed by atoms with E-state index in [1.807, 2.05) is 19.1 Å². The number of carbonyl (C=O) groups excluding carboxylic acids is 2. The number of benzene rings is 2. The van der Waals surface area contributed by atoms with E-state index in [2.05, 4.69) is 5.32 Å². The van der Waals surface area contributed by atoms with Crippen LogP contribution in [0.5, 0.6) is 5.75 Å². The fourth-order valence-electron chi connectivity index (χ4n) is 2.11.